The maximum absolute atomic E-state index is 11.5. The van der Waals surface area contributed by atoms with Crippen LogP contribution in [-0.4, -0.2) is 22.2 Å². The third kappa shape index (κ3) is 2.92. The van der Waals surface area contributed by atoms with Crippen molar-refractivity contribution in [2.75, 3.05) is 14.2 Å². The summed E-state index contributed by atoms with van der Waals surface area (Å²) in [6.45, 7) is 0. The van der Waals surface area contributed by atoms with E-state index >= 15 is 0 Å². The van der Waals surface area contributed by atoms with Gasteiger partial charge in [-0.25, -0.2) is 0 Å². The number of rotatable bonds is 3. The average molecular weight is 322 g/mol. The Morgan fingerprint density at radius 2 is 1.47 bits per heavy atom. The maximum atomic E-state index is 11.5. The summed E-state index contributed by atoms with van der Waals surface area (Å²) in [5.74, 6) is 0. The molecule has 0 heterocycles. The summed E-state index contributed by atoms with van der Waals surface area (Å²) < 4.78 is 9.04. The third-order valence-electron chi connectivity index (χ3n) is 1.58. The van der Waals surface area contributed by atoms with Gasteiger partial charge >= 0.3 is 95.0 Å². The zero-order valence-corrected chi connectivity index (χ0v) is 10.6. The van der Waals surface area contributed by atoms with Crippen molar-refractivity contribution in [2.24, 2.45) is 0 Å². The third-order valence-corrected chi connectivity index (χ3v) is 6.19. The van der Waals surface area contributed by atoms with Crippen molar-refractivity contribution in [2.45, 2.75) is 0 Å². The number of hydrogen-bond donors (Lipinski definition) is 0. The van der Waals surface area contributed by atoms with Gasteiger partial charge in [0.15, 0.2) is 0 Å². The molecule has 1 rings (SSSR count). The normalized spacial score (nSPS) is 10.4. The predicted octanol–water partition coefficient (Wildman–Crippen LogP) is 2.90. The fourth-order valence-corrected chi connectivity index (χ4v) is 4.33. The van der Waals surface area contributed by atoms with E-state index in [9.17, 15) is 9.59 Å². The first-order valence-electron chi connectivity index (χ1n) is 4.11. The van der Waals surface area contributed by atoms with Crippen LogP contribution in [0.15, 0.2) is 30.3 Å². The van der Waals surface area contributed by atoms with Crippen molar-refractivity contribution < 1.29 is 19.1 Å². The molecule has 0 aromatic heterocycles. The number of hydrogen-bond acceptors (Lipinski definition) is 4. The van der Waals surface area contributed by atoms with Gasteiger partial charge in [0.05, 0.1) is 0 Å². The molecule has 0 saturated heterocycles. The van der Waals surface area contributed by atoms with E-state index < -0.39 is 27.8 Å². The van der Waals surface area contributed by atoms with Crippen molar-refractivity contribution in [3.63, 3.8) is 0 Å². The van der Waals surface area contributed by atoms with Gasteiger partial charge < -0.3 is 0 Å². The van der Waals surface area contributed by atoms with E-state index in [2.05, 4.69) is 9.47 Å². The first-order valence-corrected chi connectivity index (χ1v) is 7.35. The molecule has 0 saturated carbocycles. The molecule has 5 heteroatoms. The molecule has 4 nitrogen and oxygen atoms in total. The fourth-order valence-electron chi connectivity index (χ4n) is 0.936. The van der Waals surface area contributed by atoms with Crippen molar-refractivity contribution in [1.82, 2.24) is 0 Å². The molecular weight excluding hydrogens is 311 g/mol. The van der Waals surface area contributed by atoms with Crippen LogP contribution in [0.3, 0.4) is 0 Å². The van der Waals surface area contributed by atoms with Crippen LogP contribution >= 0.6 is 19.8 Å². The van der Waals surface area contributed by atoms with E-state index in [4.69, 9.17) is 0 Å². The quantitative estimate of drug-likeness (QED) is 0.634. The van der Waals surface area contributed by atoms with E-state index in [1.54, 1.807) is 24.3 Å². The van der Waals surface area contributed by atoms with Crippen LogP contribution in [0, 0.1) is 3.57 Å². The Morgan fingerprint density at radius 3 is 1.87 bits per heavy atom. The number of ether oxygens (including phenoxy) is 2. The number of carbonyl (C=O) groups excluding carboxylic acids is 2. The average Bonchev–Trinajstić information content (AvgIpc) is 2.30. The van der Waals surface area contributed by atoms with Crippen LogP contribution in [0.4, 0.5) is 9.59 Å². The van der Waals surface area contributed by atoms with Gasteiger partial charge in [-0.1, -0.05) is 0 Å². The summed E-state index contributed by atoms with van der Waals surface area (Å²) in [5, 5.41) is 0. The van der Waals surface area contributed by atoms with Gasteiger partial charge in [0, 0.05) is 0 Å². The molecule has 0 N–H and O–H groups in total. The summed E-state index contributed by atoms with van der Waals surface area (Å²) in [6.07, 6.45) is 0. The van der Waals surface area contributed by atoms with Gasteiger partial charge in [0.2, 0.25) is 0 Å². The Labute approximate surface area is 95.0 Å². The molecule has 1 aromatic carbocycles. The molecule has 1 aromatic rings. The van der Waals surface area contributed by atoms with Crippen molar-refractivity contribution >= 4 is 27.8 Å². The SMILES string of the molecule is COC(=O)I(C(=O)OC)c1ccccc1. The molecule has 0 atom stereocenters. The van der Waals surface area contributed by atoms with Crippen molar-refractivity contribution in [3.8, 4) is 0 Å². The molecule has 0 unspecified atom stereocenters. The number of halogens is 1. The molecule has 0 aliphatic heterocycles. The van der Waals surface area contributed by atoms with Crippen LogP contribution in [0.1, 0.15) is 0 Å². The van der Waals surface area contributed by atoms with Gasteiger partial charge in [-0.15, -0.1) is 0 Å². The van der Waals surface area contributed by atoms with Crippen LogP contribution in [0.25, 0.3) is 0 Å². The molecule has 0 spiro atoms. The van der Waals surface area contributed by atoms with Crippen LogP contribution in [0.5, 0.6) is 0 Å². The van der Waals surface area contributed by atoms with Gasteiger partial charge in [0.25, 0.3) is 0 Å². The second kappa shape index (κ2) is 5.69. The summed E-state index contributed by atoms with van der Waals surface area (Å²) in [5.41, 5.74) is 0. The minimum absolute atomic E-state index is 0.461. The Kier molecular flexibility index (Phi) is 4.54. The Morgan fingerprint density at radius 1 is 1.00 bits per heavy atom. The number of methoxy groups -OCH3 is 2. The second-order valence-corrected chi connectivity index (χ2v) is 7.09. The summed E-state index contributed by atoms with van der Waals surface area (Å²) >= 11 is -2.70. The van der Waals surface area contributed by atoms with Gasteiger partial charge in [-0.05, 0) is 0 Å². The zero-order valence-electron chi connectivity index (χ0n) is 8.40. The summed E-state index contributed by atoms with van der Waals surface area (Å²) in [7, 11) is 2.55. The first-order chi connectivity index (χ1) is 7.20. The fraction of sp³-hybridized carbons (Fsp3) is 0.200. The molecule has 0 bridgehead atoms. The van der Waals surface area contributed by atoms with Gasteiger partial charge in [-0.2, -0.15) is 0 Å². The Bertz CT molecular complexity index is 334. The molecule has 0 aliphatic rings. The van der Waals surface area contributed by atoms with E-state index in [0.29, 0.717) is 0 Å². The summed E-state index contributed by atoms with van der Waals surface area (Å²) in [6, 6.07) is 8.89. The molecule has 0 radical (unpaired) electrons. The number of benzene rings is 1. The molecule has 0 amide bonds. The second-order valence-electron chi connectivity index (χ2n) is 2.46. The van der Waals surface area contributed by atoms with Crippen LogP contribution in [-0.2, 0) is 9.47 Å². The topological polar surface area (TPSA) is 52.6 Å². The number of carbonyl (C=O) groups is 2. The minimum atomic E-state index is -2.70. The van der Waals surface area contributed by atoms with Crippen molar-refractivity contribution in [1.29, 1.82) is 0 Å². The standard InChI is InChI=1S/C10H11IO4/c1-14-9(12)11(10(13)15-2)8-6-4-3-5-7-8/h3-7H,1-2H3. The van der Waals surface area contributed by atoms with E-state index in [0.717, 1.165) is 3.57 Å². The molecule has 0 aliphatic carbocycles. The van der Waals surface area contributed by atoms with E-state index in [1.807, 2.05) is 6.07 Å². The van der Waals surface area contributed by atoms with E-state index in [1.165, 1.54) is 14.2 Å². The summed E-state index contributed by atoms with van der Waals surface area (Å²) in [4.78, 5) is 22.9. The molecule has 15 heavy (non-hydrogen) atoms. The van der Waals surface area contributed by atoms with Crippen molar-refractivity contribution in [3.05, 3.63) is 33.9 Å². The van der Waals surface area contributed by atoms with Gasteiger partial charge in [0.1, 0.15) is 0 Å². The first kappa shape index (κ1) is 12.0. The Hall–Kier alpha value is -1.11. The van der Waals surface area contributed by atoms with Gasteiger partial charge in [-0.3, -0.25) is 0 Å². The van der Waals surface area contributed by atoms with Crippen LogP contribution in [0.2, 0.25) is 0 Å². The zero-order chi connectivity index (χ0) is 11.3. The monoisotopic (exact) mass is 322 g/mol. The molecule has 0 fully saturated rings. The van der Waals surface area contributed by atoms with Crippen LogP contribution < -0.4 is 0 Å². The molecule has 82 valence electrons. The predicted molar refractivity (Wildman–Crippen MR) is 64.0 cm³/mol. The Balaban J connectivity index is 3.02. The van der Waals surface area contributed by atoms with E-state index in [-0.39, 0.29) is 0 Å². The molecular formula is C10H11IO4.